The number of hydrogen-bond acceptors (Lipinski definition) is 4. The Kier molecular flexibility index (Phi) is 6.06. The largest absolute Gasteiger partial charge is 0.385 e. The summed E-state index contributed by atoms with van der Waals surface area (Å²) in [6, 6.07) is 11.2. The van der Waals surface area contributed by atoms with Crippen LogP contribution in [0.4, 0.5) is 5.69 Å². The van der Waals surface area contributed by atoms with Crippen molar-refractivity contribution in [1.82, 2.24) is 14.7 Å². The molecule has 0 bridgehead atoms. The van der Waals surface area contributed by atoms with Crippen LogP contribution in [-0.2, 0) is 4.74 Å². The normalized spacial score (nSPS) is 10.8. The van der Waals surface area contributed by atoms with Crippen molar-refractivity contribution in [3.8, 4) is 0 Å². The fourth-order valence-corrected chi connectivity index (χ4v) is 3.05. The first kappa shape index (κ1) is 19.6. The highest BCUT2D eigenvalue weighted by Gasteiger charge is 2.22. The van der Waals surface area contributed by atoms with Crippen LogP contribution < -0.4 is 10.6 Å². The van der Waals surface area contributed by atoms with E-state index in [4.69, 9.17) is 4.74 Å². The molecule has 2 aromatic heterocycles. The van der Waals surface area contributed by atoms with Crippen molar-refractivity contribution in [2.75, 3.05) is 25.6 Å². The molecule has 2 heterocycles. The molecule has 7 heteroatoms. The van der Waals surface area contributed by atoms with E-state index < -0.39 is 0 Å². The minimum absolute atomic E-state index is 0.180. The highest BCUT2D eigenvalue weighted by Crippen LogP contribution is 2.21. The van der Waals surface area contributed by atoms with Gasteiger partial charge < -0.3 is 15.4 Å². The number of fused-ring (bicyclic) bond motifs is 1. The number of pyridine rings is 1. The van der Waals surface area contributed by atoms with Crippen LogP contribution in [0.5, 0.6) is 0 Å². The molecule has 0 atom stereocenters. The van der Waals surface area contributed by atoms with Crippen LogP contribution in [-0.4, -0.2) is 41.5 Å². The number of nitrogens with one attached hydrogen (secondary N) is 2. The van der Waals surface area contributed by atoms with Gasteiger partial charge in [0.05, 0.1) is 5.52 Å². The van der Waals surface area contributed by atoms with Gasteiger partial charge in [0, 0.05) is 32.1 Å². The van der Waals surface area contributed by atoms with E-state index in [9.17, 15) is 9.59 Å². The molecular formula is C21H24N4O3. The van der Waals surface area contributed by atoms with Crippen molar-refractivity contribution in [1.29, 1.82) is 0 Å². The molecule has 1 aromatic carbocycles. The maximum Gasteiger partial charge on any atom is 0.287 e. The van der Waals surface area contributed by atoms with Gasteiger partial charge in [-0.1, -0.05) is 24.3 Å². The third kappa shape index (κ3) is 4.04. The van der Waals surface area contributed by atoms with Gasteiger partial charge in [-0.2, -0.15) is 0 Å². The lowest BCUT2D eigenvalue weighted by atomic mass is 10.1. The van der Waals surface area contributed by atoms with Gasteiger partial charge >= 0.3 is 0 Å². The standard InChI is InChI=1S/C21H24N4O3/c1-14-8-6-9-15(2)17(14)24-20(26)18-16-10-4-5-12-25(16)19(23-18)21(27)22-11-7-13-28-3/h4-6,8-10,12H,7,11,13H2,1-3H3,(H,22,27)(H,24,26). The van der Waals surface area contributed by atoms with E-state index >= 15 is 0 Å². The number of aromatic nitrogens is 2. The summed E-state index contributed by atoms with van der Waals surface area (Å²) in [5.41, 5.74) is 3.48. The number of carbonyl (C=O) groups excluding carboxylic acids is 2. The van der Waals surface area contributed by atoms with Gasteiger partial charge in [-0.05, 0) is 43.5 Å². The quantitative estimate of drug-likeness (QED) is 0.617. The third-order valence-corrected chi connectivity index (χ3v) is 4.50. The van der Waals surface area contributed by atoms with Crippen molar-refractivity contribution in [3.63, 3.8) is 0 Å². The molecule has 28 heavy (non-hydrogen) atoms. The van der Waals surface area contributed by atoms with E-state index in [0.29, 0.717) is 25.1 Å². The van der Waals surface area contributed by atoms with Crippen molar-refractivity contribution in [2.45, 2.75) is 20.3 Å². The van der Waals surface area contributed by atoms with E-state index in [0.717, 1.165) is 16.8 Å². The van der Waals surface area contributed by atoms with E-state index in [2.05, 4.69) is 15.6 Å². The predicted molar refractivity (Wildman–Crippen MR) is 108 cm³/mol. The third-order valence-electron chi connectivity index (χ3n) is 4.50. The van der Waals surface area contributed by atoms with E-state index in [1.807, 2.05) is 38.1 Å². The number of methoxy groups -OCH3 is 1. The van der Waals surface area contributed by atoms with Crippen molar-refractivity contribution >= 4 is 23.0 Å². The van der Waals surface area contributed by atoms with Crippen LogP contribution in [0.1, 0.15) is 38.7 Å². The fourth-order valence-electron chi connectivity index (χ4n) is 3.05. The Morgan fingerprint density at radius 2 is 1.82 bits per heavy atom. The molecule has 2 N–H and O–H groups in total. The monoisotopic (exact) mass is 380 g/mol. The summed E-state index contributed by atoms with van der Waals surface area (Å²) in [5, 5.41) is 5.75. The number of benzene rings is 1. The number of carbonyl (C=O) groups is 2. The number of hydrogen-bond donors (Lipinski definition) is 2. The van der Waals surface area contributed by atoms with E-state index in [1.165, 1.54) is 0 Å². The maximum atomic E-state index is 12.9. The SMILES string of the molecule is COCCCNC(=O)c1nc(C(=O)Nc2c(C)cccc2C)c2ccccn12. The number of para-hydroxylation sites is 1. The van der Waals surface area contributed by atoms with Crippen LogP contribution in [0.2, 0.25) is 0 Å². The molecule has 146 valence electrons. The van der Waals surface area contributed by atoms with Crippen molar-refractivity contribution in [3.05, 3.63) is 65.2 Å². The molecule has 3 rings (SSSR count). The molecule has 2 amide bonds. The molecule has 0 unspecified atom stereocenters. The minimum atomic E-state index is -0.348. The first-order valence-electron chi connectivity index (χ1n) is 9.14. The average Bonchev–Trinajstić information content (AvgIpc) is 3.08. The number of imidazole rings is 1. The van der Waals surface area contributed by atoms with Gasteiger partial charge in [0.25, 0.3) is 11.8 Å². The summed E-state index contributed by atoms with van der Waals surface area (Å²) in [5.74, 6) is -0.498. The Balaban J connectivity index is 1.89. The Morgan fingerprint density at radius 3 is 2.54 bits per heavy atom. The molecule has 0 spiro atoms. The van der Waals surface area contributed by atoms with Gasteiger partial charge in [0.1, 0.15) is 0 Å². The lowest BCUT2D eigenvalue weighted by Gasteiger charge is -2.10. The smallest absolute Gasteiger partial charge is 0.287 e. The second-order valence-electron chi connectivity index (χ2n) is 6.56. The van der Waals surface area contributed by atoms with Crippen LogP contribution in [0.3, 0.4) is 0 Å². The molecule has 0 saturated heterocycles. The number of amides is 2. The highest BCUT2D eigenvalue weighted by molar-refractivity contribution is 6.09. The molecule has 0 fully saturated rings. The topological polar surface area (TPSA) is 84.7 Å². The zero-order chi connectivity index (χ0) is 20.1. The first-order chi connectivity index (χ1) is 13.5. The van der Waals surface area contributed by atoms with Gasteiger partial charge in [-0.25, -0.2) is 4.98 Å². The number of anilines is 1. The molecular weight excluding hydrogens is 356 g/mol. The van der Waals surface area contributed by atoms with Gasteiger partial charge in [-0.3, -0.25) is 14.0 Å². The van der Waals surface area contributed by atoms with Crippen LogP contribution >= 0.6 is 0 Å². The summed E-state index contributed by atoms with van der Waals surface area (Å²) in [7, 11) is 1.62. The summed E-state index contributed by atoms with van der Waals surface area (Å²) in [6.07, 6.45) is 2.42. The first-order valence-corrected chi connectivity index (χ1v) is 9.14. The molecule has 0 aliphatic heterocycles. The Labute approximate surface area is 163 Å². The molecule has 3 aromatic rings. The average molecular weight is 380 g/mol. The summed E-state index contributed by atoms with van der Waals surface area (Å²) < 4.78 is 6.62. The second-order valence-corrected chi connectivity index (χ2v) is 6.56. The van der Waals surface area contributed by atoms with Crippen molar-refractivity contribution < 1.29 is 14.3 Å². The zero-order valence-corrected chi connectivity index (χ0v) is 16.3. The highest BCUT2D eigenvalue weighted by atomic mass is 16.5. The molecule has 0 radical (unpaired) electrons. The van der Waals surface area contributed by atoms with Gasteiger partial charge in [-0.15, -0.1) is 0 Å². The predicted octanol–water partition coefficient (Wildman–Crippen LogP) is 2.97. The van der Waals surface area contributed by atoms with Gasteiger partial charge in [0.2, 0.25) is 5.82 Å². The number of aryl methyl sites for hydroxylation is 2. The number of nitrogens with zero attached hydrogens (tertiary/aromatic N) is 2. The van der Waals surface area contributed by atoms with Crippen LogP contribution in [0.15, 0.2) is 42.6 Å². The zero-order valence-electron chi connectivity index (χ0n) is 16.3. The lowest BCUT2D eigenvalue weighted by Crippen LogP contribution is -2.27. The Hall–Kier alpha value is -3.19. The summed E-state index contributed by atoms with van der Waals surface area (Å²) in [4.78, 5) is 29.8. The Morgan fingerprint density at radius 1 is 1.07 bits per heavy atom. The second kappa shape index (κ2) is 8.67. The number of ether oxygens (including phenoxy) is 1. The molecule has 0 aliphatic rings. The molecule has 0 saturated carbocycles. The molecule has 0 aliphatic carbocycles. The van der Waals surface area contributed by atoms with Crippen LogP contribution in [0, 0.1) is 13.8 Å². The number of rotatable bonds is 7. The maximum absolute atomic E-state index is 12.9. The summed E-state index contributed by atoms with van der Waals surface area (Å²) in [6.45, 7) is 4.91. The van der Waals surface area contributed by atoms with Gasteiger partial charge in [0.15, 0.2) is 5.69 Å². The molecule has 7 nitrogen and oxygen atoms in total. The van der Waals surface area contributed by atoms with Crippen molar-refractivity contribution in [2.24, 2.45) is 0 Å². The van der Waals surface area contributed by atoms with E-state index in [-0.39, 0.29) is 23.3 Å². The minimum Gasteiger partial charge on any atom is -0.385 e. The van der Waals surface area contributed by atoms with E-state index in [1.54, 1.807) is 29.8 Å². The Bertz CT molecular complexity index is 990. The lowest BCUT2D eigenvalue weighted by molar-refractivity contribution is 0.0937. The summed E-state index contributed by atoms with van der Waals surface area (Å²) >= 11 is 0. The van der Waals surface area contributed by atoms with Crippen LogP contribution in [0.25, 0.3) is 5.52 Å². The fraction of sp³-hybridized carbons (Fsp3) is 0.286.